The largest absolute Gasteiger partial charge is 0.289 e. The Balaban J connectivity index is 1.98. The van der Waals surface area contributed by atoms with E-state index < -0.39 is 0 Å². The summed E-state index contributed by atoms with van der Waals surface area (Å²) in [4.78, 5) is 12.6. The molecule has 1 aliphatic carbocycles. The van der Waals surface area contributed by atoms with Gasteiger partial charge in [0.05, 0.1) is 0 Å². The van der Waals surface area contributed by atoms with Crippen LogP contribution in [0.4, 0.5) is 0 Å². The van der Waals surface area contributed by atoms with Gasteiger partial charge in [-0.25, -0.2) is 0 Å². The summed E-state index contributed by atoms with van der Waals surface area (Å²) in [6, 6.07) is 11.4. The molecular formula is C17H14BrClO. The lowest BCUT2D eigenvalue weighted by atomic mass is 9.89. The molecule has 0 atom stereocenters. The van der Waals surface area contributed by atoms with Crippen molar-refractivity contribution in [3.63, 3.8) is 0 Å². The second-order valence-corrected chi connectivity index (χ2v) is 6.43. The lowest BCUT2D eigenvalue weighted by Gasteiger charge is -2.16. The van der Waals surface area contributed by atoms with Crippen LogP contribution in [-0.2, 0) is 12.8 Å². The SMILES string of the molecule is O=C(c1ccc2c(c1)CCCC2)c1ccc(Cl)cc1Br. The zero-order valence-electron chi connectivity index (χ0n) is 11.0. The van der Waals surface area contributed by atoms with Crippen LogP contribution in [-0.4, -0.2) is 5.78 Å². The number of fused-ring (bicyclic) bond motifs is 1. The standard InChI is InChI=1S/C17H14BrClO/c18-16-10-14(19)7-8-15(16)17(20)13-6-5-11-3-1-2-4-12(11)9-13/h5-10H,1-4H2. The number of rotatable bonds is 2. The van der Waals surface area contributed by atoms with E-state index in [0.29, 0.717) is 10.6 Å². The van der Waals surface area contributed by atoms with E-state index >= 15 is 0 Å². The summed E-state index contributed by atoms with van der Waals surface area (Å²) < 4.78 is 0.743. The third-order valence-electron chi connectivity index (χ3n) is 3.79. The van der Waals surface area contributed by atoms with Crippen LogP contribution in [0.1, 0.15) is 39.9 Å². The number of aryl methyl sites for hydroxylation is 2. The molecule has 0 heterocycles. The van der Waals surface area contributed by atoms with E-state index in [-0.39, 0.29) is 5.78 Å². The predicted octanol–water partition coefficient (Wildman–Crippen LogP) is 5.21. The summed E-state index contributed by atoms with van der Waals surface area (Å²) in [5.74, 6) is 0.0434. The zero-order valence-corrected chi connectivity index (χ0v) is 13.3. The Morgan fingerprint density at radius 2 is 1.75 bits per heavy atom. The van der Waals surface area contributed by atoms with Crippen LogP contribution < -0.4 is 0 Å². The van der Waals surface area contributed by atoms with Gasteiger partial charge in [0.1, 0.15) is 0 Å². The minimum Gasteiger partial charge on any atom is -0.289 e. The summed E-state index contributed by atoms with van der Waals surface area (Å²) >= 11 is 9.34. The Morgan fingerprint density at radius 1 is 1.00 bits per heavy atom. The van der Waals surface area contributed by atoms with Crippen molar-refractivity contribution in [3.05, 3.63) is 68.1 Å². The molecule has 3 rings (SSSR count). The monoisotopic (exact) mass is 348 g/mol. The fourth-order valence-electron chi connectivity index (χ4n) is 2.70. The van der Waals surface area contributed by atoms with Crippen LogP contribution in [0.25, 0.3) is 0 Å². The molecule has 0 fully saturated rings. The van der Waals surface area contributed by atoms with Gasteiger partial charge in [-0.3, -0.25) is 4.79 Å². The van der Waals surface area contributed by atoms with Crippen LogP contribution in [0, 0.1) is 0 Å². The maximum Gasteiger partial charge on any atom is 0.194 e. The molecule has 0 unspecified atom stereocenters. The van der Waals surface area contributed by atoms with E-state index in [1.807, 2.05) is 6.07 Å². The summed E-state index contributed by atoms with van der Waals surface area (Å²) in [6.07, 6.45) is 4.69. The highest BCUT2D eigenvalue weighted by molar-refractivity contribution is 9.10. The van der Waals surface area contributed by atoms with Gasteiger partial charge in [0.2, 0.25) is 0 Å². The minimum atomic E-state index is 0.0434. The molecule has 0 N–H and O–H groups in total. The van der Waals surface area contributed by atoms with E-state index in [9.17, 15) is 4.79 Å². The Morgan fingerprint density at radius 3 is 2.50 bits per heavy atom. The molecule has 0 saturated carbocycles. The molecule has 20 heavy (non-hydrogen) atoms. The van der Waals surface area contributed by atoms with E-state index in [0.717, 1.165) is 22.9 Å². The van der Waals surface area contributed by atoms with Crippen molar-refractivity contribution in [2.24, 2.45) is 0 Å². The average molecular weight is 350 g/mol. The summed E-state index contributed by atoms with van der Waals surface area (Å²) in [5.41, 5.74) is 4.13. The number of hydrogen-bond donors (Lipinski definition) is 0. The highest BCUT2D eigenvalue weighted by Gasteiger charge is 2.16. The molecule has 0 aromatic heterocycles. The summed E-state index contributed by atoms with van der Waals surface area (Å²) in [5, 5.41) is 0.624. The van der Waals surface area contributed by atoms with Gasteiger partial charge in [-0.05, 0) is 77.0 Å². The molecular weight excluding hydrogens is 336 g/mol. The van der Waals surface area contributed by atoms with Crippen molar-refractivity contribution in [3.8, 4) is 0 Å². The molecule has 0 spiro atoms. The number of ketones is 1. The highest BCUT2D eigenvalue weighted by atomic mass is 79.9. The topological polar surface area (TPSA) is 17.1 Å². The number of carbonyl (C=O) groups is 1. The third kappa shape index (κ3) is 2.68. The van der Waals surface area contributed by atoms with Gasteiger partial charge >= 0.3 is 0 Å². The molecule has 0 amide bonds. The second-order valence-electron chi connectivity index (χ2n) is 5.14. The Labute approximate surface area is 132 Å². The van der Waals surface area contributed by atoms with Crippen LogP contribution in [0.3, 0.4) is 0 Å². The molecule has 3 heteroatoms. The van der Waals surface area contributed by atoms with Gasteiger partial charge in [0.15, 0.2) is 5.78 Å². The molecule has 2 aromatic carbocycles. The van der Waals surface area contributed by atoms with Crippen LogP contribution in [0.2, 0.25) is 5.02 Å². The molecule has 2 aromatic rings. The van der Waals surface area contributed by atoms with E-state index in [1.165, 1.54) is 24.0 Å². The minimum absolute atomic E-state index is 0.0434. The quantitative estimate of drug-likeness (QED) is 0.680. The summed E-state index contributed by atoms with van der Waals surface area (Å²) in [7, 11) is 0. The van der Waals surface area contributed by atoms with Crippen LogP contribution >= 0.6 is 27.5 Å². The van der Waals surface area contributed by atoms with Crippen molar-refractivity contribution < 1.29 is 4.79 Å². The predicted molar refractivity (Wildman–Crippen MR) is 85.7 cm³/mol. The lowest BCUT2D eigenvalue weighted by molar-refractivity contribution is 0.103. The van der Waals surface area contributed by atoms with Crippen molar-refractivity contribution in [1.29, 1.82) is 0 Å². The smallest absolute Gasteiger partial charge is 0.194 e. The number of benzene rings is 2. The Hall–Kier alpha value is -1.12. The first-order valence-corrected chi connectivity index (χ1v) is 7.94. The average Bonchev–Trinajstić information content (AvgIpc) is 2.46. The third-order valence-corrected chi connectivity index (χ3v) is 4.68. The molecule has 0 bridgehead atoms. The lowest BCUT2D eigenvalue weighted by Crippen LogP contribution is -2.07. The van der Waals surface area contributed by atoms with Crippen LogP contribution in [0.15, 0.2) is 40.9 Å². The molecule has 1 aliphatic rings. The maximum absolute atomic E-state index is 12.6. The molecule has 0 saturated heterocycles. The molecule has 0 radical (unpaired) electrons. The van der Waals surface area contributed by atoms with Crippen molar-refractivity contribution in [2.75, 3.05) is 0 Å². The van der Waals surface area contributed by atoms with Crippen molar-refractivity contribution in [1.82, 2.24) is 0 Å². The van der Waals surface area contributed by atoms with Gasteiger partial charge in [-0.1, -0.05) is 23.7 Å². The van der Waals surface area contributed by atoms with Gasteiger partial charge in [0.25, 0.3) is 0 Å². The van der Waals surface area contributed by atoms with Gasteiger partial charge in [-0.15, -0.1) is 0 Å². The van der Waals surface area contributed by atoms with E-state index in [2.05, 4.69) is 28.1 Å². The zero-order chi connectivity index (χ0) is 14.1. The van der Waals surface area contributed by atoms with Crippen molar-refractivity contribution >= 4 is 33.3 Å². The van der Waals surface area contributed by atoms with E-state index in [4.69, 9.17) is 11.6 Å². The maximum atomic E-state index is 12.6. The first-order valence-electron chi connectivity index (χ1n) is 6.77. The normalized spacial score (nSPS) is 13.9. The fraction of sp³-hybridized carbons (Fsp3) is 0.235. The first kappa shape index (κ1) is 13.8. The number of halogens is 2. The summed E-state index contributed by atoms with van der Waals surface area (Å²) in [6.45, 7) is 0. The van der Waals surface area contributed by atoms with Gasteiger partial charge in [-0.2, -0.15) is 0 Å². The van der Waals surface area contributed by atoms with Gasteiger partial charge in [0, 0.05) is 20.6 Å². The molecule has 0 aliphatic heterocycles. The second kappa shape index (κ2) is 5.71. The first-order chi connectivity index (χ1) is 9.65. The van der Waals surface area contributed by atoms with Crippen LogP contribution in [0.5, 0.6) is 0 Å². The van der Waals surface area contributed by atoms with E-state index in [1.54, 1.807) is 18.2 Å². The number of carbonyl (C=O) groups excluding carboxylic acids is 1. The van der Waals surface area contributed by atoms with Crippen molar-refractivity contribution in [2.45, 2.75) is 25.7 Å². The molecule has 102 valence electrons. The Bertz CT molecular complexity index is 679. The molecule has 1 nitrogen and oxygen atoms in total. The van der Waals surface area contributed by atoms with Gasteiger partial charge < -0.3 is 0 Å². The highest BCUT2D eigenvalue weighted by Crippen LogP contribution is 2.27. The number of hydrogen-bond acceptors (Lipinski definition) is 1. The Kier molecular flexibility index (Phi) is 3.95. The fourth-order valence-corrected chi connectivity index (χ4v) is 3.57.